The average molecular weight is 285 g/mol. The third-order valence-corrected chi connectivity index (χ3v) is 3.31. The van der Waals surface area contributed by atoms with Crippen LogP contribution in [-0.4, -0.2) is 31.3 Å². The standard InChI is InChI=1S/C16H19N3O2/c17-5-7-20-11-1-3-15-13(9-11)14-10-12(21-8-6-18)2-4-16(14)19-15/h1-4,9-10,19H,5-8,17-18H2. The molecule has 0 aliphatic carbocycles. The Labute approximate surface area is 122 Å². The molecule has 0 aliphatic rings. The maximum Gasteiger partial charge on any atom is 0.120 e. The molecule has 5 heteroatoms. The van der Waals surface area contributed by atoms with Crippen molar-refractivity contribution in [1.29, 1.82) is 0 Å². The Hall–Kier alpha value is -2.24. The topological polar surface area (TPSA) is 86.3 Å². The first kappa shape index (κ1) is 13.7. The van der Waals surface area contributed by atoms with E-state index in [-0.39, 0.29) is 0 Å². The van der Waals surface area contributed by atoms with Crippen LogP contribution in [0.5, 0.6) is 11.5 Å². The number of H-pyrrole nitrogens is 1. The van der Waals surface area contributed by atoms with Crippen LogP contribution >= 0.6 is 0 Å². The fraction of sp³-hybridized carbons (Fsp3) is 0.250. The number of hydrogen-bond acceptors (Lipinski definition) is 4. The van der Waals surface area contributed by atoms with Gasteiger partial charge in [0.2, 0.25) is 0 Å². The van der Waals surface area contributed by atoms with Crippen LogP contribution in [0.15, 0.2) is 36.4 Å². The summed E-state index contributed by atoms with van der Waals surface area (Å²) in [4.78, 5) is 3.38. The second-order valence-corrected chi connectivity index (χ2v) is 4.81. The monoisotopic (exact) mass is 285 g/mol. The molecule has 0 radical (unpaired) electrons. The first-order valence-corrected chi connectivity index (χ1v) is 7.03. The summed E-state index contributed by atoms with van der Waals surface area (Å²) in [5.41, 5.74) is 13.1. The lowest BCUT2D eigenvalue weighted by Crippen LogP contribution is -2.10. The zero-order valence-electron chi connectivity index (χ0n) is 11.8. The molecule has 21 heavy (non-hydrogen) atoms. The SMILES string of the molecule is NCCOc1ccc2[nH]c3ccc(OCCN)cc3c2c1. The van der Waals surface area contributed by atoms with Crippen molar-refractivity contribution in [2.75, 3.05) is 26.3 Å². The maximum absolute atomic E-state index is 5.59. The Morgan fingerprint density at radius 1 is 0.762 bits per heavy atom. The Balaban J connectivity index is 2.03. The van der Waals surface area contributed by atoms with Crippen molar-refractivity contribution in [3.05, 3.63) is 36.4 Å². The normalized spacial score (nSPS) is 11.1. The minimum atomic E-state index is 0.503. The van der Waals surface area contributed by atoms with E-state index in [0.29, 0.717) is 26.3 Å². The number of hydrogen-bond donors (Lipinski definition) is 3. The third kappa shape index (κ3) is 2.79. The Bertz CT molecular complexity index is 689. The van der Waals surface area contributed by atoms with E-state index in [1.165, 1.54) is 0 Å². The first-order chi connectivity index (χ1) is 10.3. The van der Waals surface area contributed by atoms with Gasteiger partial charge >= 0.3 is 0 Å². The number of rotatable bonds is 6. The van der Waals surface area contributed by atoms with Crippen LogP contribution in [0.4, 0.5) is 0 Å². The van der Waals surface area contributed by atoms with Gasteiger partial charge < -0.3 is 25.9 Å². The lowest BCUT2D eigenvalue weighted by Gasteiger charge is -2.05. The number of benzene rings is 2. The number of nitrogens with one attached hydrogen (secondary N) is 1. The molecular formula is C16H19N3O2. The molecule has 0 fully saturated rings. The van der Waals surface area contributed by atoms with Crippen LogP contribution in [0.1, 0.15) is 0 Å². The summed E-state index contributed by atoms with van der Waals surface area (Å²) in [7, 11) is 0. The van der Waals surface area contributed by atoms with Gasteiger partial charge in [0, 0.05) is 34.9 Å². The van der Waals surface area contributed by atoms with Crippen LogP contribution in [0.25, 0.3) is 21.8 Å². The molecule has 3 aromatic rings. The highest BCUT2D eigenvalue weighted by Crippen LogP contribution is 2.31. The van der Waals surface area contributed by atoms with Crippen molar-refractivity contribution in [3.63, 3.8) is 0 Å². The van der Waals surface area contributed by atoms with Crippen molar-refractivity contribution in [1.82, 2.24) is 4.98 Å². The van der Waals surface area contributed by atoms with Gasteiger partial charge in [-0.15, -0.1) is 0 Å². The first-order valence-electron chi connectivity index (χ1n) is 7.03. The molecule has 0 saturated heterocycles. The van der Waals surface area contributed by atoms with Crippen molar-refractivity contribution in [2.45, 2.75) is 0 Å². The van der Waals surface area contributed by atoms with Gasteiger partial charge in [-0.3, -0.25) is 0 Å². The molecule has 0 bridgehead atoms. The largest absolute Gasteiger partial charge is 0.492 e. The number of aromatic nitrogens is 1. The fourth-order valence-electron chi connectivity index (χ4n) is 2.39. The fourth-order valence-corrected chi connectivity index (χ4v) is 2.39. The Kier molecular flexibility index (Phi) is 3.94. The zero-order chi connectivity index (χ0) is 14.7. The smallest absolute Gasteiger partial charge is 0.120 e. The molecule has 5 N–H and O–H groups in total. The molecule has 3 rings (SSSR count). The van der Waals surface area contributed by atoms with Crippen LogP contribution in [0.2, 0.25) is 0 Å². The Morgan fingerprint density at radius 2 is 1.24 bits per heavy atom. The predicted molar refractivity (Wildman–Crippen MR) is 84.9 cm³/mol. The Morgan fingerprint density at radius 3 is 1.67 bits per heavy atom. The van der Waals surface area contributed by atoms with Crippen LogP contribution in [0.3, 0.4) is 0 Å². The lowest BCUT2D eigenvalue weighted by molar-refractivity contribution is 0.328. The molecule has 5 nitrogen and oxygen atoms in total. The molecule has 1 aromatic heterocycles. The highest BCUT2D eigenvalue weighted by Gasteiger charge is 2.07. The molecule has 2 aromatic carbocycles. The molecule has 0 saturated carbocycles. The minimum absolute atomic E-state index is 0.503. The second kappa shape index (κ2) is 6.03. The van der Waals surface area contributed by atoms with Crippen molar-refractivity contribution < 1.29 is 9.47 Å². The number of aromatic amines is 1. The van der Waals surface area contributed by atoms with E-state index in [0.717, 1.165) is 33.3 Å². The van der Waals surface area contributed by atoms with Crippen LogP contribution in [-0.2, 0) is 0 Å². The summed E-state index contributed by atoms with van der Waals surface area (Å²) < 4.78 is 11.2. The second-order valence-electron chi connectivity index (χ2n) is 4.81. The molecule has 1 heterocycles. The van der Waals surface area contributed by atoms with Gasteiger partial charge in [-0.05, 0) is 36.4 Å². The van der Waals surface area contributed by atoms with Crippen LogP contribution in [0, 0.1) is 0 Å². The molecule has 0 atom stereocenters. The van der Waals surface area contributed by atoms with Gasteiger partial charge in [-0.2, -0.15) is 0 Å². The molecular weight excluding hydrogens is 266 g/mol. The van der Waals surface area contributed by atoms with E-state index in [1.807, 2.05) is 36.4 Å². The summed E-state index contributed by atoms with van der Waals surface area (Å²) in [6.07, 6.45) is 0. The quantitative estimate of drug-likeness (QED) is 0.646. The van der Waals surface area contributed by atoms with Gasteiger partial charge in [0.25, 0.3) is 0 Å². The molecule has 0 unspecified atom stereocenters. The van der Waals surface area contributed by atoms with E-state index < -0.39 is 0 Å². The van der Waals surface area contributed by atoms with Gasteiger partial charge in [0.15, 0.2) is 0 Å². The van der Waals surface area contributed by atoms with Crippen molar-refractivity contribution in [3.8, 4) is 11.5 Å². The summed E-state index contributed by atoms with van der Waals surface area (Å²) in [6, 6.07) is 12.0. The molecule has 0 amide bonds. The van der Waals surface area contributed by atoms with E-state index in [4.69, 9.17) is 20.9 Å². The van der Waals surface area contributed by atoms with Crippen LogP contribution < -0.4 is 20.9 Å². The van der Waals surface area contributed by atoms with E-state index in [9.17, 15) is 0 Å². The third-order valence-electron chi connectivity index (χ3n) is 3.31. The summed E-state index contributed by atoms with van der Waals surface area (Å²) in [5.74, 6) is 1.64. The average Bonchev–Trinajstić information content (AvgIpc) is 2.88. The van der Waals surface area contributed by atoms with Crippen molar-refractivity contribution in [2.24, 2.45) is 11.5 Å². The summed E-state index contributed by atoms with van der Waals surface area (Å²) in [6.45, 7) is 2.03. The molecule has 0 aliphatic heterocycles. The van der Waals surface area contributed by atoms with Crippen molar-refractivity contribution >= 4 is 21.8 Å². The number of fused-ring (bicyclic) bond motifs is 3. The predicted octanol–water partition coefficient (Wildman–Crippen LogP) is 2.00. The van der Waals surface area contributed by atoms with Gasteiger partial charge in [0.1, 0.15) is 24.7 Å². The van der Waals surface area contributed by atoms with E-state index in [1.54, 1.807) is 0 Å². The van der Waals surface area contributed by atoms with E-state index >= 15 is 0 Å². The zero-order valence-corrected chi connectivity index (χ0v) is 11.8. The summed E-state index contributed by atoms with van der Waals surface area (Å²) >= 11 is 0. The maximum atomic E-state index is 5.59. The molecule has 0 spiro atoms. The van der Waals surface area contributed by atoms with Gasteiger partial charge in [-0.1, -0.05) is 0 Å². The summed E-state index contributed by atoms with van der Waals surface area (Å²) in [5, 5.41) is 2.22. The number of ether oxygens (including phenoxy) is 2. The van der Waals surface area contributed by atoms with Gasteiger partial charge in [-0.25, -0.2) is 0 Å². The molecule has 110 valence electrons. The van der Waals surface area contributed by atoms with Gasteiger partial charge in [0.05, 0.1) is 0 Å². The number of nitrogens with two attached hydrogens (primary N) is 2. The lowest BCUT2D eigenvalue weighted by atomic mass is 10.1. The van der Waals surface area contributed by atoms with E-state index in [2.05, 4.69) is 4.98 Å². The highest BCUT2D eigenvalue weighted by atomic mass is 16.5. The minimum Gasteiger partial charge on any atom is -0.492 e. The highest BCUT2D eigenvalue weighted by molar-refractivity contribution is 6.08.